The van der Waals surface area contributed by atoms with Crippen LogP contribution in [0.15, 0.2) is 0 Å². The van der Waals surface area contributed by atoms with E-state index in [1.807, 2.05) is 0 Å². The van der Waals surface area contributed by atoms with Crippen molar-refractivity contribution in [2.45, 2.75) is 311 Å². The van der Waals surface area contributed by atoms with Crippen LogP contribution in [0.2, 0.25) is 0 Å². The van der Waals surface area contributed by atoms with Gasteiger partial charge in [-0.05, 0) is 6.92 Å². The number of ether oxygens (including phenoxy) is 17. The van der Waals surface area contributed by atoms with Gasteiger partial charge >= 0.3 is 0 Å². The van der Waals surface area contributed by atoms with E-state index in [0.717, 1.165) is 27.7 Å². The normalized spacial score (nSPS) is 49.3. The maximum absolute atomic E-state index is 13.6. The third-order valence-electron chi connectivity index (χ3n) is 20.3. The molecule has 45 atom stereocenters. The van der Waals surface area contributed by atoms with Crippen LogP contribution in [-0.4, -0.2) is 475 Å². The maximum Gasteiger partial charge on any atom is 0.217 e. The molecule has 0 unspecified atom stereocenters. The summed E-state index contributed by atoms with van der Waals surface area (Å²) in [5, 5.41) is 277. The Hall–Kier alpha value is -3.76. The SMILES string of the molecule is CC(=O)N[C@@H]1[C@@H](O)[C@H](O[C@@H]2O[C@H](CO)[C@@H](O[C@@H]3O[C@H](CO[C@H]4O[C@H](CO)[C@@H](O)[C@H](O)[C@@H]4O)[C@@H](O[C@@H]4O[C@H](CO)[C@@H](O)[C@H](O)[C@H]4NC(C)=O)[C@H](O[C@H]4O[C@H](CO)[C@@H](O)[C@H](O)[C@@H]4O[C@@H]4O[C@H](CO)[C@@H](O[C@@H]5O[C@H](CO)[C@H](O)[C@H](O)[C@H]5O)[C@H](O[C@@H]5O[C@@H](C)[C@@H](O)[C@@H](O)[C@@H]5O)[C@H]4NC(C)=O)[C@@H]3O)[C@H](O)[C@H]2NC(C)=O)[C@@H](CO)O[C@H]1O. The lowest BCUT2D eigenvalue weighted by Crippen LogP contribution is -2.72. The Kier molecular flexibility index (Phi) is 32.6. The second-order valence-electron chi connectivity index (χ2n) is 28.1. The van der Waals surface area contributed by atoms with Gasteiger partial charge in [-0.15, -0.1) is 0 Å². The van der Waals surface area contributed by atoms with Crippen LogP contribution in [0.1, 0.15) is 34.6 Å². The quantitative estimate of drug-likeness (QED) is 0.0346. The molecule has 0 saturated carbocycles. The van der Waals surface area contributed by atoms with Gasteiger partial charge < -0.3 is 224 Å². The number of rotatable bonds is 28. The third kappa shape index (κ3) is 20.2. The molecule has 9 rings (SSSR count). The second kappa shape index (κ2) is 39.7. The van der Waals surface area contributed by atoms with Crippen molar-refractivity contribution < 1.29 is 222 Å². The van der Waals surface area contributed by atoms with Crippen LogP contribution >= 0.6 is 0 Å². The van der Waals surface area contributed by atoms with Crippen molar-refractivity contribution in [3.8, 4) is 0 Å². The van der Waals surface area contributed by atoms with E-state index in [4.69, 9.17) is 80.5 Å². The van der Waals surface area contributed by atoms with E-state index < -0.39 is 353 Å². The van der Waals surface area contributed by atoms with E-state index in [2.05, 4.69) is 21.3 Å². The van der Waals surface area contributed by atoms with Crippen molar-refractivity contribution in [3.05, 3.63) is 0 Å². The summed E-state index contributed by atoms with van der Waals surface area (Å²) in [7, 11) is 0. The molecule has 0 aromatic heterocycles. The number of nitrogens with one attached hydrogen (secondary N) is 4. The van der Waals surface area contributed by atoms with Crippen LogP contribution in [-0.2, 0) is 99.7 Å². The van der Waals surface area contributed by atoms with E-state index >= 15 is 0 Å². The van der Waals surface area contributed by atoms with Gasteiger partial charge in [0.2, 0.25) is 23.6 Å². The standard InChI is InChI=1S/C62H104N4O45/c1-14-31(78)39(86)44(91)59(96-14)109-51-30(66-18(5)77)57(103-25(12-73)49(51)108-60-45(92)41(88)34(81)21(8-69)100-60)111-53-42(89)35(82)22(9-70)101-62(53)110-52-46(93)61(106-48-24(11-72)102-56(29(38(48)85)65-17(4)76)105-47-23(10-71)97-54(94)27(37(47)84)63-15(2)74)104-26(13-95-58-43(90)40(87)33(80)20(7-68)99-58)50(52)107-55-28(64-16(3)75)36(83)32(79)19(6-67)98-55/h14,19-62,67-73,78-94H,6-13H2,1-5H3,(H,63,74)(H,64,75)(H,65,76)(H,66,77)/t14-,19+,20+,21+,22+,23+,24+,25+,26+,27+,28+,29+,30+,31+,32+,33+,34-,35+,36+,37+,38+,39+,40-,41-,42-,43-,44-,45+,46-,47+,48+,49+,50+,51+,52+,53-,54+,55-,56-,57-,58-,59-,60-,61-,62+/m0/s1. The average Bonchev–Trinajstić information content (AvgIpc) is 0.758. The summed E-state index contributed by atoms with van der Waals surface area (Å²) < 4.78 is 103. The van der Waals surface area contributed by atoms with E-state index in [1.54, 1.807) is 0 Å². The molecular weight excluding hydrogens is 1520 g/mol. The molecule has 0 aliphatic carbocycles. The highest BCUT2D eigenvalue weighted by atomic mass is 16.8. The lowest BCUT2D eigenvalue weighted by atomic mass is 9.93. The van der Waals surface area contributed by atoms with Crippen LogP contribution < -0.4 is 21.3 Å². The lowest BCUT2D eigenvalue weighted by Gasteiger charge is -2.53. The molecule has 0 radical (unpaired) electrons. The topological polar surface area (TPSA) is 759 Å². The van der Waals surface area contributed by atoms with E-state index in [9.17, 15) is 142 Å². The number of carbonyl (C=O) groups excluding carboxylic acids is 4. The van der Waals surface area contributed by atoms with Crippen molar-refractivity contribution in [2.75, 3.05) is 52.9 Å². The molecule has 642 valence electrons. The minimum Gasteiger partial charge on any atom is -0.394 e. The fraction of sp³-hybridized carbons (Fsp3) is 0.935. The smallest absolute Gasteiger partial charge is 0.217 e. The van der Waals surface area contributed by atoms with E-state index in [-0.39, 0.29) is 0 Å². The van der Waals surface area contributed by atoms with E-state index in [1.165, 1.54) is 6.92 Å². The summed E-state index contributed by atoms with van der Waals surface area (Å²) in [5.74, 6) is -3.73. The van der Waals surface area contributed by atoms with Crippen molar-refractivity contribution in [1.82, 2.24) is 21.3 Å². The number of carbonyl (C=O) groups is 4. The average molecular weight is 1630 g/mol. The molecule has 111 heavy (non-hydrogen) atoms. The molecule has 9 heterocycles. The maximum atomic E-state index is 13.6. The van der Waals surface area contributed by atoms with Gasteiger partial charge in [0.05, 0.1) is 59.0 Å². The highest BCUT2D eigenvalue weighted by molar-refractivity contribution is 5.74. The molecule has 4 amide bonds. The Labute approximate surface area is 629 Å². The van der Waals surface area contributed by atoms with Gasteiger partial charge in [-0.2, -0.15) is 0 Å². The van der Waals surface area contributed by atoms with Gasteiger partial charge in [0.15, 0.2) is 56.6 Å². The van der Waals surface area contributed by atoms with Gasteiger partial charge in [0, 0.05) is 27.7 Å². The Morgan fingerprint density at radius 3 is 1.07 bits per heavy atom. The zero-order chi connectivity index (χ0) is 81.8. The number of aliphatic hydroxyl groups is 24. The van der Waals surface area contributed by atoms with Gasteiger partial charge in [0.1, 0.15) is 213 Å². The van der Waals surface area contributed by atoms with Crippen LogP contribution in [0.3, 0.4) is 0 Å². The first-order valence-corrected chi connectivity index (χ1v) is 35.5. The molecule has 0 bridgehead atoms. The van der Waals surface area contributed by atoms with Crippen LogP contribution in [0.25, 0.3) is 0 Å². The van der Waals surface area contributed by atoms with Gasteiger partial charge in [-0.3, -0.25) is 19.2 Å². The summed E-state index contributed by atoms with van der Waals surface area (Å²) in [4.78, 5) is 51.8. The number of hydrogen-bond donors (Lipinski definition) is 28. The lowest BCUT2D eigenvalue weighted by molar-refractivity contribution is -0.410. The first-order chi connectivity index (χ1) is 52.5. The first kappa shape index (κ1) is 91.1. The van der Waals surface area contributed by atoms with Crippen LogP contribution in [0, 0.1) is 0 Å². The number of aliphatic hydroxyl groups excluding tert-OH is 24. The molecule has 9 saturated heterocycles. The largest absolute Gasteiger partial charge is 0.394 e. The summed E-state index contributed by atoms with van der Waals surface area (Å²) in [6.07, 6.45) is -86.8. The zero-order valence-corrected chi connectivity index (χ0v) is 59.9. The van der Waals surface area contributed by atoms with Gasteiger partial charge in [0.25, 0.3) is 0 Å². The van der Waals surface area contributed by atoms with Crippen molar-refractivity contribution >= 4 is 23.6 Å². The summed E-state index contributed by atoms with van der Waals surface area (Å²) >= 11 is 0. The molecule has 0 spiro atoms. The molecule has 9 fully saturated rings. The molecule has 28 N–H and O–H groups in total. The predicted molar refractivity (Wildman–Crippen MR) is 342 cm³/mol. The Bertz CT molecular complexity index is 2950. The summed E-state index contributed by atoms with van der Waals surface area (Å²) in [6, 6.07) is -7.65. The molecule has 49 heteroatoms. The molecular formula is C62H104N4O45. The minimum atomic E-state index is -2.68. The highest BCUT2D eigenvalue weighted by Crippen LogP contribution is 2.41. The Balaban J connectivity index is 1.16. The fourth-order valence-electron chi connectivity index (χ4n) is 14.4. The Morgan fingerprint density at radius 1 is 0.252 bits per heavy atom. The van der Waals surface area contributed by atoms with Gasteiger partial charge in [-0.1, -0.05) is 0 Å². The monoisotopic (exact) mass is 1620 g/mol. The molecule has 0 aromatic carbocycles. The Morgan fingerprint density at radius 2 is 0.559 bits per heavy atom. The predicted octanol–water partition coefficient (Wildman–Crippen LogP) is -19.0. The third-order valence-corrected chi connectivity index (χ3v) is 20.3. The van der Waals surface area contributed by atoms with Crippen molar-refractivity contribution in [3.63, 3.8) is 0 Å². The zero-order valence-electron chi connectivity index (χ0n) is 59.9. The number of hydrogen-bond acceptors (Lipinski definition) is 45. The second-order valence-corrected chi connectivity index (χ2v) is 28.1. The fourth-order valence-corrected chi connectivity index (χ4v) is 14.4. The van der Waals surface area contributed by atoms with Crippen LogP contribution in [0.5, 0.6) is 0 Å². The highest BCUT2D eigenvalue weighted by Gasteiger charge is 2.62. The van der Waals surface area contributed by atoms with Gasteiger partial charge in [-0.25, -0.2) is 0 Å². The summed E-state index contributed by atoms with van der Waals surface area (Å²) in [5.41, 5.74) is 0. The minimum absolute atomic E-state index is 0.793. The molecule has 49 nitrogen and oxygen atoms in total. The first-order valence-electron chi connectivity index (χ1n) is 35.5. The molecule has 0 aromatic rings. The molecule has 9 aliphatic rings. The molecule has 9 aliphatic heterocycles. The van der Waals surface area contributed by atoms with E-state index in [0.29, 0.717) is 0 Å². The van der Waals surface area contributed by atoms with Crippen molar-refractivity contribution in [2.24, 2.45) is 0 Å². The van der Waals surface area contributed by atoms with Crippen LogP contribution in [0.4, 0.5) is 0 Å². The summed E-state index contributed by atoms with van der Waals surface area (Å²) in [6.45, 7) is -4.06. The van der Waals surface area contributed by atoms with Crippen molar-refractivity contribution in [1.29, 1.82) is 0 Å². The number of amides is 4.